The minimum Gasteiger partial charge on any atom is -0.338 e. The van der Waals surface area contributed by atoms with Crippen LogP contribution in [0.5, 0.6) is 0 Å². The summed E-state index contributed by atoms with van der Waals surface area (Å²) < 4.78 is 5.37. The number of halogens is 1. The summed E-state index contributed by atoms with van der Waals surface area (Å²) in [6.45, 7) is 5.88. The average molecular weight is 523 g/mol. The molecule has 1 aliphatic heterocycles. The molecule has 1 amide bonds. The lowest BCUT2D eigenvalue weighted by molar-refractivity contribution is 0.102. The molecule has 1 aromatic heterocycles. The zero-order chi connectivity index (χ0) is 25.9. The lowest BCUT2D eigenvalue weighted by Crippen LogP contribution is -2.13. The summed E-state index contributed by atoms with van der Waals surface area (Å²) in [6.07, 6.45) is 4.00. The fourth-order valence-electron chi connectivity index (χ4n) is 3.35. The van der Waals surface area contributed by atoms with E-state index in [0.29, 0.717) is 22.1 Å². The predicted octanol–water partition coefficient (Wildman–Crippen LogP) is 6.27. The monoisotopic (exact) mass is 522 g/mol. The number of imidazole rings is 1. The molecule has 36 heavy (non-hydrogen) atoms. The highest BCUT2D eigenvalue weighted by atomic mass is 35.5. The first-order valence-electron chi connectivity index (χ1n) is 11.6. The van der Waals surface area contributed by atoms with Gasteiger partial charge in [0.25, 0.3) is 5.91 Å². The lowest BCUT2D eigenvalue weighted by atomic mass is 10.1. The maximum atomic E-state index is 12.7. The molecule has 0 atom stereocenters. The maximum absolute atomic E-state index is 12.7. The first-order chi connectivity index (χ1) is 17.6. The number of para-hydroxylation sites is 2. The number of aromatic amines is 1. The number of anilines is 2. The van der Waals surface area contributed by atoms with E-state index in [4.69, 9.17) is 11.6 Å². The van der Waals surface area contributed by atoms with Gasteiger partial charge in [-0.05, 0) is 75.5 Å². The smallest absolute Gasteiger partial charge is 0.255 e. The van der Waals surface area contributed by atoms with Crippen LogP contribution >= 0.6 is 23.7 Å². The molecular formula is C27H31ClN6OS. The minimum absolute atomic E-state index is 0.174. The van der Waals surface area contributed by atoms with Crippen LogP contribution in [-0.4, -0.2) is 36.0 Å². The highest BCUT2D eigenvalue weighted by Gasteiger charge is 2.15. The molecule has 5 N–H and O–H groups in total. The normalized spacial score (nSPS) is 12.6. The van der Waals surface area contributed by atoms with Crippen molar-refractivity contribution in [1.29, 1.82) is 0 Å². The van der Waals surface area contributed by atoms with E-state index >= 15 is 0 Å². The molecule has 1 aliphatic rings. The van der Waals surface area contributed by atoms with Crippen molar-refractivity contribution in [2.45, 2.75) is 13.8 Å². The number of benzene rings is 3. The lowest BCUT2D eigenvalue weighted by Gasteiger charge is -2.15. The molecule has 0 bridgehead atoms. The zero-order valence-corrected chi connectivity index (χ0v) is 22.2. The summed E-state index contributed by atoms with van der Waals surface area (Å²) in [5.74, 6) is 0.491. The van der Waals surface area contributed by atoms with Crippen LogP contribution in [0.3, 0.4) is 0 Å². The number of allylic oxidation sites excluding steroid dienone is 2. The van der Waals surface area contributed by atoms with Crippen molar-refractivity contribution in [1.82, 2.24) is 14.7 Å². The highest BCUT2D eigenvalue weighted by molar-refractivity contribution is 7.99. The Labute approximate surface area is 221 Å². The van der Waals surface area contributed by atoms with Gasteiger partial charge in [-0.3, -0.25) is 4.79 Å². The zero-order valence-electron chi connectivity index (χ0n) is 20.6. The second-order valence-corrected chi connectivity index (χ2v) is 8.87. The first-order valence-corrected chi connectivity index (χ1v) is 12.7. The van der Waals surface area contributed by atoms with Gasteiger partial charge >= 0.3 is 0 Å². The number of aromatic nitrogens is 2. The van der Waals surface area contributed by atoms with Gasteiger partial charge in [-0.15, -0.1) is 0 Å². The Balaban J connectivity index is 0.000000550. The molecule has 9 heteroatoms. The number of amides is 1. The maximum Gasteiger partial charge on any atom is 0.255 e. The Bertz CT molecular complexity index is 1260. The molecule has 0 unspecified atom stereocenters. The second kappa shape index (κ2) is 13.7. The molecule has 0 aliphatic carbocycles. The molecular weight excluding hydrogens is 492 g/mol. The summed E-state index contributed by atoms with van der Waals surface area (Å²) in [5, 5.41) is 3.51. The van der Waals surface area contributed by atoms with Crippen molar-refractivity contribution < 1.29 is 4.79 Å². The fraction of sp³-hybridized carbons (Fsp3) is 0.185. The van der Waals surface area contributed by atoms with Crippen molar-refractivity contribution in [3.05, 3.63) is 89.5 Å². The van der Waals surface area contributed by atoms with Gasteiger partial charge in [-0.25, -0.2) is 9.71 Å². The molecule has 1 saturated heterocycles. The van der Waals surface area contributed by atoms with Gasteiger partial charge in [0, 0.05) is 47.7 Å². The van der Waals surface area contributed by atoms with Gasteiger partial charge in [0.2, 0.25) is 0 Å². The summed E-state index contributed by atoms with van der Waals surface area (Å²) in [7, 11) is 1.50. The van der Waals surface area contributed by atoms with Crippen molar-refractivity contribution in [3.8, 4) is 11.4 Å². The van der Waals surface area contributed by atoms with Crippen LogP contribution in [0.1, 0.15) is 24.2 Å². The van der Waals surface area contributed by atoms with E-state index < -0.39 is 0 Å². The van der Waals surface area contributed by atoms with Crippen LogP contribution in [0.2, 0.25) is 5.02 Å². The van der Waals surface area contributed by atoms with Crippen molar-refractivity contribution in [2.24, 2.45) is 5.73 Å². The number of nitrogens with one attached hydrogen (secondary N) is 3. The Morgan fingerprint density at radius 3 is 2.44 bits per heavy atom. The molecule has 2 heterocycles. The summed E-state index contributed by atoms with van der Waals surface area (Å²) in [6, 6.07) is 20.8. The number of nitrogens with zero attached hydrogens (tertiary/aromatic N) is 2. The summed E-state index contributed by atoms with van der Waals surface area (Å²) in [5.41, 5.74) is 9.35. The third-order valence-corrected chi connectivity index (χ3v) is 6.49. The first kappa shape index (κ1) is 27.3. The van der Waals surface area contributed by atoms with Gasteiger partial charge in [0.05, 0.1) is 16.1 Å². The third-order valence-electron chi connectivity index (χ3n) is 5.21. The number of hydrogen-bond acceptors (Lipinski definition) is 6. The van der Waals surface area contributed by atoms with Gasteiger partial charge in [0.1, 0.15) is 5.82 Å². The largest absolute Gasteiger partial charge is 0.338 e. The fourth-order valence-corrected chi connectivity index (χ4v) is 4.30. The molecule has 0 saturated carbocycles. The van der Waals surface area contributed by atoms with Gasteiger partial charge in [0.15, 0.2) is 0 Å². The molecule has 4 aromatic rings. The van der Waals surface area contributed by atoms with Crippen LogP contribution in [0.4, 0.5) is 11.4 Å². The second-order valence-electron chi connectivity index (χ2n) is 7.55. The van der Waals surface area contributed by atoms with Crippen LogP contribution in [0.25, 0.3) is 22.4 Å². The van der Waals surface area contributed by atoms with E-state index in [2.05, 4.69) is 30.0 Å². The Morgan fingerprint density at radius 2 is 1.81 bits per heavy atom. The molecule has 0 radical (unpaired) electrons. The van der Waals surface area contributed by atoms with Gasteiger partial charge < -0.3 is 20.3 Å². The van der Waals surface area contributed by atoms with Crippen LogP contribution in [0.15, 0.2) is 78.9 Å². The van der Waals surface area contributed by atoms with Crippen molar-refractivity contribution in [2.75, 3.05) is 29.8 Å². The quantitative estimate of drug-likeness (QED) is 0.186. The molecule has 3 aromatic carbocycles. The number of hydrogen-bond donors (Lipinski definition) is 4. The Kier molecular flexibility index (Phi) is 10.4. The van der Waals surface area contributed by atoms with E-state index in [-0.39, 0.29) is 5.91 Å². The Hall–Kier alpha value is -3.30. The van der Waals surface area contributed by atoms with E-state index in [1.165, 1.54) is 7.05 Å². The topological polar surface area (TPSA) is 99.1 Å². The standard InChI is InChI=1S/C22H18ClN5OS.C4H8.CH5N/c23-18-10-7-15(13-17(18)21-26-19-3-1-2-4-20(19)27-21)25-22(29)14-5-8-16(9-6-14)28-12-11-24-30-28;1-3-4-2;1-2/h1-10,13,24H,11-12H2,(H,25,29)(H,26,27);3-4H,1-2H3;2H2,1H3/b;4-3-;. The van der Waals surface area contributed by atoms with Crippen LogP contribution < -0.4 is 20.1 Å². The number of nitrogens with two attached hydrogens (primary N) is 1. The predicted molar refractivity (Wildman–Crippen MR) is 154 cm³/mol. The van der Waals surface area contributed by atoms with Crippen molar-refractivity contribution >= 4 is 52.1 Å². The van der Waals surface area contributed by atoms with Crippen LogP contribution in [-0.2, 0) is 0 Å². The average Bonchev–Trinajstić information content (AvgIpc) is 3.62. The van der Waals surface area contributed by atoms with Gasteiger partial charge in [-0.2, -0.15) is 0 Å². The SMILES string of the molecule is C/C=C\C.CN.O=C(Nc1ccc(Cl)c(-c2nc3ccccc3[nH]2)c1)c1ccc(N2CCNS2)cc1. The highest BCUT2D eigenvalue weighted by Crippen LogP contribution is 2.30. The van der Waals surface area contributed by atoms with Crippen molar-refractivity contribution in [3.63, 3.8) is 0 Å². The van der Waals surface area contributed by atoms with Crippen LogP contribution in [0, 0.1) is 0 Å². The number of carbonyl (C=O) groups is 1. The van der Waals surface area contributed by atoms with E-state index in [9.17, 15) is 4.79 Å². The van der Waals surface area contributed by atoms with E-state index in [0.717, 1.165) is 35.4 Å². The molecule has 188 valence electrons. The van der Waals surface area contributed by atoms with E-state index in [1.54, 1.807) is 24.3 Å². The molecule has 5 rings (SSSR count). The Morgan fingerprint density at radius 1 is 1.08 bits per heavy atom. The number of H-pyrrole nitrogens is 1. The number of carbonyl (C=O) groups excluding carboxylic acids is 1. The molecule has 0 spiro atoms. The number of rotatable bonds is 4. The van der Waals surface area contributed by atoms with Gasteiger partial charge in [-0.1, -0.05) is 35.9 Å². The molecule has 1 fully saturated rings. The third kappa shape index (κ3) is 6.89. The summed E-state index contributed by atoms with van der Waals surface area (Å²) in [4.78, 5) is 20.6. The summed E-state index contributed by atoms with van der Waals surface area (Å²) >= 11 is 7.98. The van der Waals surface area contributed by atoms with E-state index in [1.807, 2.05) is 80.6 Å². The minimum atomic E-state index is -0.174. The molecule has 7 nitrogen and oxygen atoms in total. The number of fused-ring (bicyclic) bond motifs is 1.